The van der Waals surface area contributed by atoms with E-state index >= 15 is 0 Å². The first kappa shape index (κ1) is 34.0. The lowest BCUT2D eigenvalue weighted by Gasteiger charge is -2.50. The molecule has 1 atom stereocenters. The van der Waals surface area contributed by atoms with Crippen molar-refractivity contribution in [1.82, 2.24) is 10.2 Å². The van der Waals surface area contributed by atoms with Gasteiger partial charge in [0.05, 0.1) is 7.11 Å². The highest BCUT2D eigenvalue weighted by Gasteiger charge is 2.42. The number of aryl methyl sites for hydroxylation is 1. The molecular formula is C36H48Cl2N2O2. The normalized spacial score (nSPS) is 18.3. The first-order chi connectivity index (χ1) is 19.6. The molecule has 228 valence electrons. The number of piperidine rings is 1. The van der Waals surface area contributed by atoms with Crippen LogP contribution in [0.2, 0.25) is 0 Å². The summed E-state index contributed by atoms with van der Waals surface area (Å²) in [6.07, 6.45) is 11.6. The van der Waals surface area contributed by atoms with Gasteiger partial charge >= 0.3 is 0 Å². The van der Waals surface area contributed by atoms with Crippen molar-refractivity contribution >= 4 is 30.7 Å². The second kappa shape index (κ2) is 15.8. The van der Waals surface area contributed by atoms with Crippen LogP contribution >= 0.6 is 24.8 Å². The van der Waals surface area contributed by atoms with Gasteiger partial charge in [-0.2, -0.15) is 0 Å². The van der Waals surface area contributed by atoms with Crippen molar-refractivity contribution < 1.29 is 9.53 Å². The van der Waals surface area contributed by atoms with Crippen LogP contribution in [0.4, 0.5) is 0 Å². The maximum atomic E-state index is 11.6. The van der Waals surface area contributed by atoms with Gasteiger partial charge in [0.1, 0.15) is 5.75 Å². The Balaban J connectivity index is 0.00000242. The van der Waals surface area contributed by atoms with E-state index < -0.39 is 0 Å². The standard InChI is InChI=1S/C36H46N2O2.2ClH/c1-29(39)37-25-12-22-36(31-15-5-3-6-16-31,32-17-7-4-8-18-32)23-13-27-38-26-10-9-21-35(38)24-20-30-14-11-19-34(40-2)33(30)28-35;;/h3-8,11,14-19H,9-10,12-13,20-28H2,1-2H3,(H,37,39);2*1H. The summed E-state index contributed by atoms with van der Waals surface area (Å²) in [7, 11) is 1.81. The molecule has 3 aromatic carbocycles. The molecule has 2 aliphatic rings. The average molecular weight is 612 g/mol. The first-order valence-electron chi connectivity index (χ1n) is 15.3. The van der Waals surface area contributed by atoms with E-state index in [0.29, 0.717) is 6.54 Å². The van der Waals surface area contributed by atoms with Crippen molar-refractivity contribution in [3.05, 3.63) is 101 Å². The van der Waals surface area contributed by atoms with Crippen molar-refractivity contribution in [3.63, 3.8) is 0 Å². The predicted octanol–water partition coefficient (Wildman–Crippen LogP) is 7.94. The zero-order chi connectivity index (χ0) is 27.8. The number of carbonyl (C=O) groups excluding carboxylic acids is 1. The van der Waals surface area contributed by atoms with E-state index in [0.717, 1.165) is 50.8 Å². The number of ether oxygens (including phenoxy) is 1. The number of fused-ring (bicyclic) bond motifs is 1. The SMILES string of the molecule is COc1cccc2c1CC1(CCCCN1CCCC(CCCNC(C)=O)(c1ccccc1)c1ccccc1)CC2.Cl.Cl. The maximum absolute atomic E-state index is 11.6. The number of likely N-dealkylation sites (tertiary alicyclic amines) is 1. The Morgan fingerprint density at radius 3 is 2.19 bits per heavy atom. The Morgan fingerprint density at radius 1 is 0.881 bits per heavy atom. The van der Waals surface area contributed by atoms with Crippen LogP contribution in [-0.4, -0.2) is 43.1 Å². The van der Waals surface area contributed by atoms with Crippen LogP contribution in [0.1, 0.15) is 80.5 Å². The minimum Gasteiger partial charge on any atom is -0.496 e. The lowest BCUT2D eigenvalue weighted by molar-refractivity contribution is -0.118. The minimum atomic E-state index is -0.0771. The Hall–Kier alpha value is -2.53. The maximum Gasteiger partial charge on any atom is 0.216 e. The molecule has 0 aromatic heterocycles. The number of rotatable bonds is 11. The fraction of sp³-hybridized carbons (Fsp3) is 0.472. The van der Waals surface area contributed by atoms with E-state index in [1.54, 1.807) is 6.92 Å². The molecule has 1 unspecified atom stereocenters. The van der Waals surface area contributed by atoms with Gasteiger partial charge < -0.3 is 10.1 Å². The summed E-state index contributed by atoms with van der Waals surface area (Å²) < 4.78 is 5.82. The summed E-state index contributed by atoms with van der Waals surface area (Å²) in [5.74, 6) is 1.11. The highest BCUT2D eigenvalue weighted by Crippen LogP contribution is 2.44. The number of hydrogen-bond acceptors (Lipinski definition) is 3. The van der Waals surface area contributed by atoms with E-state index in [1.807, 2.05) is 7.11 Å². The topological polar surface area (TPSA) is 41.6 Å². The number of hydrogen-bond donors (Lipinski definition) is 1. The molecule has 5 rings (SSSR count). The van der Waals surface area contributed by atoms with Crippen molar-refractivity contribution in [1.29, 1.82) is 0 Å². The monoisotopic (exact) mass is 610 g/mol. The molecule has 0 saturated carbocycles. The number of nitrogens with one attached hydrogen (secondary N) is 1. The van der Waals surface area contributed by atoms with Crippen molar-refractivity contribution in [2.45, 2.75) is 82.1 Å². The van der Waals surface area contributed by atoms with Crippen LogP contribution in [0, 0.1) is 0 Å². The molecule has 6 heteroatoms. The van der Waals surface area contributed by atoms with Gasteiger partial charge in [-0.1, -0.05) is 79.2 Å². The highest BCUT2D eigenvalue weighted by molar-refractivity contribution is 5.85. The van der Waals surface area contributed by atoms with Crippen LogP contribution in [0.5, 0.6) is 5.75 Å². The molecule has 0 bridgehead atoms. The molecule has 1 fully saturated rings. The Labute approximate surface area is 265 Å². The number of nitrogens with zero attached hydrogens (tertiary/aromatic N) is 1. The third-order valence-corrected chi connectivity index (χ3v) is 9.65. The zero-order valence-corrected chi connectivity index (χ0v) is 26.9. The van der Waals surface area contributed by atoms with E-state index in [1.165, 1.54) is 54.5 Å². The van der Waals surface area contributed by atoms with Gasteiger partial charge in [0.25, 0.3) is 0 Å². The van der Waals surface area contributed by atoms with Crippen molar-refractivity contribution in [2.75, 3.05) is 26.7 Å². The first-order valence-corrected chi connectivity index (χ1v) is 15.3. The molecule has 42 heavy (non-hydrogen) atoms. The van der Waals surface area contributed by atoms with Crippen LogP contribution in [0.25, 0.3) is 0 Å². The van der Waals surface area contributed by atoms with Crippen molar-refractivity contribution in [3.8, 4) is 5.75 Å². The smallest absolute Gasteiger partial charge is 0.216 e. The fourth-order valence-electron chi connectivity index (χ4n) is 7.62. The molecular weight excluding hydrogens is 563 g/mol. The van der Waals surface area contributed by atoms with E-state index in [-0.39, 0.29) is 41.7 Å². The number of halogens is 2. The Kier molecular flexibility index (Phi) is 12.8. The number of benzene rings is 3. The molecule has 1 aliphatic carbocycles. The van der Waals surface area contributed by atoms with Gasteiger partial charge in [-0.3, -0.25) is 9.69 Å². The molecule has 3 aromatic rings. The Morgan fingerprint density at radius 2 is 1.55 bits per heavy atom. The molecule has 1 N–H and O–H groups in total. The van der Waals surface area contributed by atoms with E-state index in [4.69, 9.17) is 4.74 Å². The third kappa shape index (κ3) is 7.51. The average Bonchev–Trinajstić information content (AvgIpc) is 3.00. The fourth-order valence-corrected chi connectivity index (χ4v) is 7.62. The van der Waals surface area contributed by atoms with Gasteiger partial charge in [-0.25, -0.2) is 0 Å². The molecule has 1 heterocycles. The molecule has 1 spiro atoms. The van der Waals surface area contributed by atoms with Gasteiger partial charge in [0, 0.05) is 24.4 Å². The quantitative estimate of drug-likeness (QED) is 0.224. The van der Waals surface area contributed by atoms with E-state index in [2.05, 4.69) is 89.1 Å². The van der Waals surface area contributed by atoms with E-state index in [9.17, 15) is 4.79 Å². The van der Waals surface area contributed by atoms with Crippen molar-refractivity contribution in [2.24, 2.45) is 0 Å². The lowest BCUT2D eigenvalue weighted by Crippen LogP contribution is -2.55. The van der Waals surface area contributed by atoms with Crippen LogP contribution in [0.15, 0.2) is 78.9 Å². The summed E-state index contributed by atoms with van der Waals surface area (Å²) in [6.45, 7) is 4.64. The number of carbonyl (C=O) groups is 1. The Bertz CT molecular complexity index is 1200. The third-order valence-electron chi connectivity index (χ3n) is 9.65. The summed E-state index contributed by atoms with van der Waals surface area (Å²) in [4.78, 5) is 14.4. The largest absolute Gasteiger partial charge is 0.496 e. The summed E-state index contributed by atoms with van der Waals surface area (Å²) in [5.41, 5.74) is 5.84. The zero-order valence-electron chi connectivity index (χ0n) is 25.3. The number of methoxy groups -OCH3 is 1. The molecule has 1 amide bonds. The van der Waals surface area contributed by atoms with Gasteiger partial charge in [0.2, 0.25) is 5.91 Å². The second-order valence-corrected chi connectivity index (χ2v) is 11.9. The molecule has 1 saturated heterocycles. The summed E-state index contributed by atoms with van der Waals surface area (Å²) in [6, 6.07) is 28.7. The number of amides is 1. The van der Waals surface area contributed by atoms with Gasteiger partial charge in [-0.05, 0) is 99.2 Å². The van der Waals surface area contributed by atoms with Crippen LogP contribution in [0.3, 0.4) is 0 Å². The van der Waals surface area contributed by atoms with Gasteiger partial charge in [0.15, 0.2) is 0 Å². The molecule has 4 nitrogen and oxygen atoms in total. The lowest BCUT2D eigenvalue weighted by atomic mass is 9.68. The second-order valence-electron chi connectivity index (χ2n) is 11.9. The summed E-state index contributed by atoms with van der Waals surface area (Å²) in [5, 5.41) is 3.03. The van der Waals surface area contributed by atoms with Crippen LogP contribution in [-0.2, 0) is 23.1 Å². The van der Waals surface area contributed by atoms with Gasteiger partial charge in [-0.15, -0.1) is 24.8 Å². The minimum absolute atomic E-state index is 0. The molecule has 0 radical (unpaired) electrons. The highest BCUT2D eigenvalue weighted by atomic mass is 35.5. The predicted molar refractivity (Wildman–Crippen MR) is 178 cm³/mol. The summed E-state index contributed by atoms with van der Waals surface area (Å²) >= 11 is 0. The molecule has 1 aliphatic heterocycles. The van der Waals surface area contributed by atoms with Crippen LogP contribution < -0.4 is 10.1 Å².